The van der Waals surface area contributed by atoms with Crippen LogP contribution in [0.3, 0.4) is 0 Å². The molecule has 4 aliphatic heterocycles. The van der Waals surface area contributed by atoms with E-state index in [2.05, 4.69) is 28.8 Å². The summed E-state index contributed by atoms with van der Waals surface area (Å²) in [5.41, 5.74) is 6.50. The second kappa shape index (κ2) is 5.32. The molecule has 4 aliphatic rings. The Bertz CT molecular complexity index is 313. The molecule has 110 valence electrons. The van der Waals surface area contributed by atoms with Crippen molar-refractivity contribution in [2.45, 2.75) is 37.3 Å². The van der Waals surface area contributed by atoms with Crippen LogP contribution in [-0.2, 0) is 0 Å². The Hall–Kier alpha value is -0.160. The van der Waals surface area contributed by atoms with Crippen molar-refractivity contribution in [1.29, 1.82) is 0 Å². The second-order valence-corrected chi connectivity index (χ2v) is 7.02. The number of hydrogen-bond donors (Lipinski definition) is 1. The summed E-state index contributed by atoms with van der Waals surface area (Å²) in [6.07, 6.45) is 5.42. The zero-order chi connectivity index (χ0) is 13.5. The summed E-state index contributed by atoms with van der Waals surface area (Å²) in [6.45, 7) is 7.07. The van der Waals surface area contributed by atoms with Crippen LogP contribution in [0, 0.1) is 5.92 Å². The van der Waals surface area contributed by atoms with E-state index in [4.69, 9.17) is 5.73 Å². The second-order valence-electron chi connectivity index (χ2n) is 7.02. The molecule has 2 unspecified atom stereocenters. The minimum absolute atomic E-state index is 0.250. The molecule has 0 aromatic rings. The fourth-order valence-electron chi connectivity index (χ4n) is 4.67. The summed E-state index contributed by atoms with van der Waals surface area (Å²) in [6, 6.07) is 0.740. The fourth-order valence-corrected chi connectivity index (χ4v) is 4.67. The molecule has 2 bridgehead atoms. The molecule has 4 nitrogen and oxygen atoms in total. The molecule has 4 fully saturated rings. The van der Waals surface area contributed by atoms with Gasteiger partial charge in [0.05, 0.1) is 0 Å². The van der Waals surface area contributed by atoms with Crippen molar-refractivity contribution in [3.8, 4) is 0 Å². The van der Waals surface area contributed by atoms with Crippen LogP contribution in [0.5, 0.6) is 0 Å². The van der Waals surface area contributed by atoms with Gasteiger partial charge in [-0.15, -0.1) is 0 Å². The Labute approximate surface area is 117 Å². The smallest absolute Gasteiger partial charge is 0.0485 e. The van der Waals surface area contributed by atoms with Crippen molar-refractivity contribution in [2.75, 3.05) is 53.4 Å². The minimum Gasteiger partial charge on any atom is -0.329 e. The molecule has 0 aromatic heterocycles. The first-order chi connectivity index (χ1) is 9.15. The molecule has 0 aromatic carbocycles. The van der Waals surface area contributed by atoms with Crippen molar-refractivity contribution in [3.63, 3.8) is 0 Å². The minimum atomic E-state index is 0.250. The molecule has 4 heterocycles. The van der Waals surface area contributed by atoms with Gasteiger partial charge in [0, 0.05) is 31.2 Å². The van der Waals surface area contributed by atoms with Gasteiger partial charge in [-0.1, -0.05) is 0 Å². The summed E-state index contributed by atoms with van der Waals surface area (Å²) in [5, 5.41) is 0. The standard InChI is InChI=1S/C15H30N4/c1-17-7-3-4-14(17)10-18(2)15(11-16)12-19-8-5-13(15)6-9-19/h13-14H,3-12,16H2,1-2H3. The SMILES string of the molecule is CN1CCCC1CN(C)C1(CN)CN2CCC1CC2. The predicted octanol–water partition coefficient (Wildman–Crippen LogP) is 0.436. The summed E-state index contributed by atoms with van der Waals surface area (Å²) in [5.74, 6) is 0.819. The summed E-state index contributed by atoms with van der Waals surface area (Å²) in [4.78, 5) is 7.78. The maximum Gasteiger partial charge on any atom is 0.0485 e. The molecule has 2 atom stereocenters. The zero-order valence-corrected chi connectivity index (χ0v) is 12.6. The maximum absolute atomic E-state index is 6.25. The van der Waals surface area contributed by atoms with E-state index < -0.39 is 0 Å². The van der Waals surface area contributed by atoms with E-state index in [1.807, 2.05) is 0 Å². The van der Waals surface area contributed by atoms with Gasteiger partial charge in [-0.2, -0.15) is 0 Å². The van der Waals surface area contributed by atoms with Crippen LogP contribution in [0.2, 0.25) is 0 Å². The van der Waals surface area contributed by atoms with Crippen LogP contribution in [0.25, 0.3) is 0 Å². The summed E-state index contributed by atoms with van der Waals surface area (Å²) >= 11 is 0. The quantitative estimate of drug-likeness (QED) is 0.801. The van der Waals surface area contributed by atoms with E-state index in [-0.39, 0.29) is 5.54 Å². The number of hydrogen-bond acceptors (Lipinski definition) is 4. The van der Waals surface area contributed by atoms with E-state index in [1.54, 1.807) is 0 Å². The van der Waals surface area contributed by atoms with Crippen molar-refractivity contribution in [1.82, 2.24) is 14.7 Å². The predicted molar refractivity (Wildman–Crippen MR) is 79.2 cm³/mol. The van der Waals surface area contributed by atoms with Gasteiger partial charge in [0.1, 0.15) is 0 Å². The highest BCUT2D eigenvalue weighted by molar-refractivity contribution is 5.06. The largest absolute Gasteiger partial charge is 0.329 e. The van der Waals surface area contributed by atoms with Crippen molar-refractivity contribution in [3.05, 3.63) is 0 Å². The summed E-state index contributed by atoms with van der Waals surface area (Å²) in [7, 11) is 4.60. The number of nitrogens with two attached hydrogens (primary N) is 1. The third kappa shape index (κ3) is 2.33. The molecule has 4 saturated heterocycles. The number of rotatable bonds is 4. The zero-order valence-electron chi connectivity index (χ0n) is 12.6. The number of likely N-dealkylation sites (N-methyl/N-ethyl adjacent to an activating group) is 2. The van der Waals surface area contributed by atoms with Gasteiger partial charge >= 0.3 is 0 Å². The highest BCUT2D eigenvalue weighted by Crippen LogP contribution is 2.39. The average molecular weight is 266 g/mol. The lowest BCUT2D eigenvalue weighted by Gasteiger charge is -2.57. The van der Waals surface area contributed by atoms with E-state index in [9.17, 15) is 0 Å². The molecule has 0 spiro atoms. The molecule has 2 N–H and O–H groups in total. The molecule has 4 heteroatoms. The van der Waals surface area contributed by atoms with Crippen LogP contribution < -0.4 is 5.73 Å². The average Bonchev–Trinajstić information content (AvgIpc) is 2.85. The number of piperidine rings is 3. The van der Waals surface area contributed by atoms with Gasteiger partial charge in [-0.3, -0.25) is 4.90 Å². The first-order valence-corrected chi connectivity index (χ1v) is 7.99. The van der Waals surface area contributed by atoms with Crippen LogP contribution in [0.4, 0.5) is 0 Å². The third-order valence-electron chi connectivity index (χ3n) is 6.11. The van der Waals surface area contributed by atoms with Crippen molar-refractivity contribution < 1.29 is 0 Å². The number of likely N-dealkylation sites (tertiary alicyclic amines) is 1. The molecule has 0 radical (unpaired) electrons. The van der Waals surface area contributed by atoms with E-state index >= 15 is 0 Å². The van der Waals surface area contributed by atoms with Crippen LogP contribution in [-0.4, -0.2) is 79.6 Å². The third-order valence-corrected chi connectivity index (χ3v) is 6.11. The fraction of sp³-hybridized carbons (Fsp3) is 1.00. The lowest BCUT2D eigenvalue weighted by molar-refractivity contribution is -0.0616. The molecule has 4 rings (SSSR count). The highest BCUT2D eigenvalue weighted by atomic mass is 15.3. The monoisotopic (exact) mass is 266 g/mol. The molecular formula is C15H30N4. The molecular weight excluding hydrogens is 236 g/mol. The molecule has 0 aliphatic carbocycles. The first kappa shape index (κ1) is 13.8. The van der Waals surface area contributed by atoms with Crippen LogP contribution in [0.1, 0.15) is 25.7 Å². The van der Waals surface area contributed by atoms with E-state index in [0.717, 1.165) is 18.5 Å². The Balaban J connectivity index is 1.70. The van der Waals surface area contributed by atoms with E-state index in [0.29, 0.717) is 0 Å². The number of fused-ring (bicyclic) bond motifs is 3. The maximum atomic E-state index is 6.25. The molecule has 19 heavy (non-hydrogen) atoms. The lowest BCUT2D eigenvalue weighted by Crippen LogP contribution is -2.70. The van der Waals surface area contributed by atoms with Gasteiger partial charge in [-0.05, 0) is 65.3 Å². The Kier molecular flexibility index (Phi) is 3.87. The summed E-state index contributed by atoms with van der Waals surface area (Å²) < 4.78 is 0. The lowest BCUT2D eigenvalue weighted by atomic mass is 9.71. The molecule has 0 amide bonds. The molecule has 0 saturated carbocycles. The van der Waals surface area contributed by atoms with E-state index in [1.165, 1.54) is 58.4 Å². The van der Waals surface area contributed by atoms with Gasteiger partial charge in [0.2, 0.25) is 0 Å². The van der Waals surface area contributed by atoms with Crippen LogP contribution in [0.15, 0.2) is 0 Å². The topological polar surface area (TPSA) is 35.7 Å². The number of nitrogens with zero attached hydrogens (tertiary/aromatic N) is 3. The Morgan fingerprint density at radius 3 is 2.42 bits per heavy atom. The van der Waals surface area contributed by atoms with Gasteiger partial charge < -0.3 is 15.5 Å². The van der Waals surface area contributed by atoms with Gasteiger partial charge in [0.25, 0.3) is 0 Å². The highest BCUT2D eigenvalue weighted by Gasteiger charge is 2.48. The first-order valence-electron chi connectivity index (χ1n) is 7.99. The normalized spacial score (nSPS) is 43.3. The Morgan fingerprint density at radius 2 is 1.95 bits per heavy atom. The van der Waals surface area contributed by atoms with Crippen molar-refractivity contribution in [2.24, 2.45) is 11.7 Å². The van der Waals surface area contributed by atoms with Gasteiger partial charge in [0.15, 0.2) is 0 Å². The van der Waals surface area contributed by atoms with Crippen LogP contribution >= 0.6 is 0 Å². The Morgan fingerprint density at radius 1 is 1.21 bits per heavy atom. The van der Waals surface area contributed by atoms with Gasteiger partial charge in [-0.25, -0.2) is 0 Å². The van der Waals surface area contributed by atoms with Crippen molar-refractivity contribution >= 4 is 0 Å².